The number of rotatable bonds is 9. The number of carbonyl (C=O) groups is 2. The summed E-state index contributed by atoms with van der Waals surface area (Å²) in [5, 5.41) is 15.2. The van der Waals surface area contributed by atoms with E-state index >= 15 is 0 Å². The SMILES string of the molecule is C/C(=N\C=C(\Cl)C(=N)c1ccc2c(c1)C(=O)N([C@H](C)C(=O)N[C@H](C)c1ccnc(N3CCOCC3)c1)C2)NC1CCOCC1. The molecule has 2 saturated heterocycles. The number of fused-ring (bicyclic) bond motifs is 1. The molecule has 5 rings (SSSR count). The van der Waals surface area contributed by atoms with Crippen LogP contribution in [0.4, 0.5) is 5.82 Å². The van der Waals surface area contributed by atoms with Crippen molar-refractivity contribution >= 4 is 40.8 Å². The number of ether oxygens (including phenoxy) is 2. The normalized spacial score (nSPS) is 19.4. The zero-order chi connectivity index (χ0) is 31.2. The summed E-state index contributed by atoms with van der Waals surface area (Å²) in [6.45, 7) is 10.2. The number of hydrogen-bond acceptors (Lipinski definition) is 8. The van der Waals surface area contributed by atoms with E-state index in [0.29, 0.717) is 42.8 Å². The Kier molecular flexibility index (Phi) is 10.3. The summed E-state index contributed by atoms with van der Waals surface area (Å²) in [4.78, 5) is 39.3. The maximum atomic E-state index is 13.4. The Labute approximate surface area is 263 Å². The van der Waals surface area contributed by atoms with Gasteiger partial charge in [0.05, 0.1) is 35.8 Å². The van der Waals surface area contributed by atoms with Gasteiger partial charge in [-0.2, -0.15) is 0 Å². The van der Waals surface area contributed by atoms with Crippen molar-refractivity contribution in [2.24, 2.45) is 4.99 Å². The maximum Gasteiger partial charge on any atom is 0.255 e. The van der Waals surface area contributed by atoms with Crippen molar-refractivity contribution in [3.05, 3.63) is 70.0 Å². The van der Waals surface area contributed by atoms with Crippen molar-refractivity contribution in [3.63, 3.8) is 0 Å². The first-order valence-corrected chi connectivity index (χ1v) is 15.5. The maximum absolute atomic E-state index is 13.4. The molecule has 0 radical (unpaired) electrons. The lowest BCUT2D eigenvalue weighted by atomic mass is 10.0. The summed E-state index contributed by atoms with van der Waals surface area (Å²) in [6.07, 6.45) is 5.04. The number of benzene rings is 1. The number of aromatic nitrogens is 1. The molecule has 0 saturated carbocycles. The van der Waals surface area contributed by atoms with Crippen LogP contribution in [-0.2, 0) is 20.8 Å². The van der Waals surface area contributed by atoms with Gasteiger partial charge in [-0.05, 0) is 62.9 Å². The van der Waals surface area contributed by atoms with Crippen molar-refractivity contribution in [2.45, 2.75) is 58.3 Å². The van der Waals surface area contributed by atoms with Gasteiger partial charge in [-0.1, -0.05) is 23.7 Å². The van der Waals surface area contributed by atoms with E-state index in [4.69, 9.17) is 26.5 Å². The topological polar surface area (TPSA) is 132 Å². The zero-order valence-corrected chi connectivity index (χ0v) is 26.2. The average molecular weight is 622 g/mol. The number of nitrogens with one attached hydrogen (secondary N) is 3. The number of amides is 2. The molecule has 2 aromatic rings. The zero-order valence-electron chi connectivity index (χ0n) is 25.4. The van der Waals surface area contributed by atoms with Gasteiger partial charge in [0.15, 0.2) is 0 Å². The highest BCUT2D eigenvalue weighted by molar-refractivity contribution is 6.45. The fourth-order valence-corrected chi connectivity index (χ4v) is 5.71. The number of nitrogens with zero attached hydrogens (tertiary/aromatic N) is 4. The van der Waals surface area contributed by atoms with Crippen molar-refractivity contribution in [1.82, 2.24) is 20.5 Å². The van der Waals surface area contributed by atoms with Gasteiger partial charge < -0.3 is 29.9 Å². The summed E-state index contributed by atoms with van der Waals surface area (Å²) >= 11 is 6.43. The molecule has 1 aromatic carbocycles. The molecule has 12 heteroatoms. The number of amidine groups is 1. The van der Waals surface area contributed by atoms with E-state index in [0.717, 1.165) is 56.1 Å². The van der Waals surface area contributed by atoms with Gasteiger partial charge in [0.1, 0.15) is 11.9 Å². The van der Waals surface area contributed by atoms with Crippen LogP contribution in [0.1, 0.15) is 66.7 Å². The lowest BCUT2D eigenvalue weighted by molar-refractivity contribution is -0.125. The molecule has 0 aliphatic carbocycles. The molecule has 2 amide bonds. The van der Waals surface area contributed by atoms with Crippen molar-refractivity contribution in [2.75, 3.05) is 44.4 Å². The highest BCUT2D eigenvalue weighted by atomic mass is 35.5. The number of morpholine rings is 1. The molecule has 1 aromatic heterocycles. The van der Waals surface area contributed by atoms with Crippen LogP contribution < -0.4 is 15.5 Å². The number of halogens is 1. The van der Waals surface area contributed by atoms with Gasteiger partial charge in [-0.15, -0.1) is 0 Å². The van der Waals surface area contributed by atoms with Gasteiger partial charge in [-0.3, -0.25) is 15.0 Å². The largest absolute Gasteiger partial charge is 0.381 e. The molecular weight excluding hydrogens is 582 g/mol. The Morgan fingerprint density at radius 1 is 1.14 bits per heavy atom. The number of allylic oxidation sites excluding steroid dienone is 1. The molecule has 11 nitrogen and oxygen atoms in total. The molecule has 0 unspecified atom stereocenters. The minimum Gasteiger partial charge on any atom is -0.381 e. The second kappa shape index (κ2) is 14.3. The molecule has 234 valence electrons. The first kappa shape index (κ1) is 31.6. The Balaban J connectivity index is 1.20. The molecule has 3 aliphatic rings. The van der Waals surface area contributed by atoms with Crippen molar-refractivity contribution < 1.29 is 19.1 Å². The standard InChI is InChI=1S/C32H40ClN7O4/c1-20(23-6-9-35-29(17-23)39-10-14-44-15-11-39)37-31(41)21(2)40-19-25-5-4-24(16-27(25)32(40)42)30(34)28(33)18-36-22(3)38-26-7-12-43-13-8-26/h4-6,9,16-18,20-21,26,34H,7-8,10-15,19H2,1-3H3,(H,36,38)(H,37,41)/b28-18+,34-30?/t20-,21-/m1/s1. The van der Waals surface area contributed by atoms with E-state index in [1.165, 1.54) is 6.20 Å². The first-order valence-electron chi connectivity index (χ1n) is 15.1. The lowest BCUT2D eigenvalue weighted by Gasteiger charge is -2.29. The predicted octanol–water partition coefficient (Wildman–Crippen LogP) is 3.77. The Bertz CT molecular complexity index is 1450. The summed E-state index contributed by atoms with van der Waals surface area (Å²) in [7, 11) is 0. The highest BCUT2D eigenvalue weighted by Gasteiger charge is 2.34. The number of hydrogen-bond donors (Lipinski definition) is 3. The summed E-state index contributed by atoms with van der Waals surface area (Å²) in [5.41, 5.74) is 2.78. The minimum atomic E-state index is -0.690. The fourth-order valence-electron chi connectivity index (χ4n) is 5.55. The van der Waals surface area contributed by atoms with Gasteiger partial charge in [0.25, 0.3) is 5.91 Å². The first-order chi connectivity index (χ1) is 21.2. The number of aliphatic imine (C=N–C) groups is 1. The molecule has 0 spiro atoms. The second-order valence-corrected chi connectivity index (χ2v) is 11.8. The predicted molar refractivity (Wildman–Crippen MR) is 170 cm³/mol. The number of pyridine rings is 1. The number of carbonyl (C=O) groups excluding carboxylic acids is 2. The van der Waals surface area contributed by atoms with E-state index in [1.54, 1.807) is 30.2 Å². The smallest absolute Gasteiger partial charge is 0.255 e. The van der Waals surface area contributed by atoms with Gasteiger partial charge in [0.2, 0.25) is 5.91 Å². The third kappa shape index (κ3) is 7.46. The second-order valence-electron chi connectivity index (χ2n) is 11.4. The molecule has 0 bridgehead atoms. The quantitative estimate of drug-likeness (QED) is 0.287. The van der Waals surface area contributed by atoms with Crippen LogP contribution in [0.2, 0.25) is 0 Å². The summed E-state index contributed by atoms with van der Waals surface area (Å²) in [5.74, 6) is 1.07. The van der Waals surface area contributed by atoms with Crippen LogP contribution in [0.15, 0.2) is 52.8 Å². The minimum absolute atomic E-state index is 0.0664. The lowest BCUT2D eigenvalue weighted by Crippen LogP contribution is -2.45. The molecule has 2 atom stereocenters. The Morgan fingerprint density at radius 2 is 1.86 bits per heavy atom. The third-order valence-corrected chi connectivity index (χ3v) is 8.57. The van der Waals surface area contributed by atoms with Gasteiger partial charge >= 0.3 is 0 Å². The van der Waals surface area contributed by atoms with Crippen LogP contribution in [0.3, 0.4) is 0 Å². The Morgan fingerprint density at radius 3 is 2.61 bits per heavy atom. The van der Waals surface area contributed by atoms with E-state index in [9.17, 15) is 9.59 Å². The summed E-state index contributed by atoms with van der Waals surface area (Å²) in [6, 6.07) is 8.49. The highest BCUT2D eigenvalue weighted by Crippen LogP contribution is 2.28. The molecule has 3 N–H and O–H groups in total. The molecular formula is C32H40ClN7O4. The van der Waals surface area contributed by atoms with E-state index < -0.39 is 6.04 Å². The fraction of sp³-hybridized carbons (Fsp3) is 0.469. The van der Waals surface area contributed by atoms with Crippen molar-refractivity contribution in [1.29, 1.82) is 5.41 Å². The Hall–Kier alpha value is -3.80. The van der Waals surface area contributed by atoms with Gasteiger partial charge in [-0.25, -0.2) is 9.98 Å². The van der Waals surface area contributed by atoms with E-state index in [2.05, 4.69) is 25.5 Å². The molecule has 44 heavy (non-hydrogen) atoms. The molecule has 4 heterocycles. The molecule has 2 fully saturated rings. The van der Waals surface area contributed by atoms with Gasteiger partial charge in [0, 0.05) is 62.4 Å². The average Bonchev–Trinajstić information content (AvgIpc) is 3.39. The van der Waals surface area contributed by atoms with Crippen molar-refractivity contribution in [3.8, 4) is 0 Å². The van der Waals surface area contributed by atoms with Crippen LogP contribution in [0, 0.1) is 5.41 Å². The molecule has 3 aliphatic heterocycles. The van der Waals surface area contributed by atoms with Crippen LogP contribution in [-0.4, -0.2) is 84.8 Å². The summed E-state index contributed by atoms with van der Waals surface area (Å²) < 4.78 is 10.8. The van der Waals surface area contributed by atoms with Crippen LogP contribution >= 0.6 is 11.6 Å². The number of anilines is 1. The van der Waals surface area contributed by atoms with Crippen LogP contribution in [0.5, 0.6) is 0 Å². The monoisotopic (exact) mass is 621 g/mol. The van der Waals surface area contributed by atoms with E-state index in [-0.39, 0.29) is 28.6 Å². The third-order valence-electron chi connectivity index (χ3n) is 8.29. The van der Waals surface area contributed by atoms with E-state index in [1.807, 2.05) is 32.0 Å². The van der Waals surface area contributed by atoms with Crippen LogP contribution in [0.25, 0.3) is 0 Å².